The van der Waals surface area contributed by atoms with Crippen molar-refractivity contribution >= 4 is 62.4 Å². The Balaban J connectivity index is -0.00000000500. The van der Waals surface area contributed by atoms with E-state index in [0.29, 0.717) is 0 Å². The van der Waals surface area contributed by atoms with Gasteiger partial charge < -0.3 is 6.92 Å². The quantitative estimate of drug-likeness (QED) is 0.396. The van der Waals surface area contributed by atoms with Crippen LogP contribution in [0, 0.1) is 6.92 Å². The van der Waals surface area contributed by atoms with Crippen molar-refractivity contribution in [3.05, 3.63) is 6.92 Å². The molecular weight excluding hydrogens is 193 g/mol. The van der Waals surface area contributed by atoms with Gasteiger partial charge in [0, 0.05) is 0 Å². The molecule has 0 radical (unpaired) electrons. The molecule has 0 unspecified atom stereocenters. The van der Waals surface area contributed by atoms with Crippen LogP contribution in [0.3, 0.4) is 0 Å². The van der Waals surface area contributed by atoms with Crippen LogP contribution in [0.4, 0.5) is 0 Å². The maximum atomic E-state index is 3.25. The van der Waals surface area contributed by atoms with Gasteiger partial charge in [-0.3, -0.25) is 0 Å². The minimum atomic E-state index is 0. The van der Waals surface area contributed by atoms with Crippen molar-refractivity contribution in [1.29, 1.82) is 0 Å². The first kappa shape index (κ1) is 16.8. The summed E-state index contributed by atoms with van der Waals surface area (Å²) in [4.78, 5) is 0. The van der Waals surface area contributed by atoms with Crippen LogP contribution in [0.25, 0.3) is 0 Å². The Labute approximate surface area is 74.9 Å². The van der Waals surface area contributed by atoms with Gasteiger partial charge in [-0.25, -0.2) is 0 Å². The van der Waals surface area contributed by atoms with Gasteiger partial charge in [-0.1, -0.05) is 0 Å². The zero-order chi connectivity index (χ0) is 2.00. The Kier molecular flexibility index (Phi) is 86.1. The van der Waals surface area contributed by atoms with E-state index in [1.165, 1.54) is 0 Å². The summed E-state index contributed by atoms with van der Waals surface area (Å²) in [5.74, 6) is 0. The average molecular weight is 200 g/mol. The fourth-order valence-corrected chi connectivity index (χ4v) is 0. The number of hydrogen-bond acceptors (Lipinski definition) is 0. The largest absolute Gasteiger partial charge is 2.00 e. The summed E-state index contributed by atoms with van der Waals surface area (Å²) in [7, 11) is 0. The molecule has 4 heavy (non-hydrogen) atoms. The van der Waals surface area contributed by atoms with Crippen LogP contribution < -0.4 is 0 Å². The summed E-state index contributed by atoms with van der Waals surface area (Å²) < 4.78 is 0. The van der Waals surface area contributed by atoms with Crippen LogP contribution >= 0.6 is 13.5 Å². The predicted octanol–water partition coefficient (Wildman–Crippen LogP) is 0.572. The molecular formula is C2H7BaS+. The van der Waals surface area contributed by atoms with E-state index in [-0.39, 0.29) is 62.4 Å². The van der Waals surface area contributed by atoms with Crippen LogP contribution in [0.5, 0.6) is 0 Å². The second kappa shape index (κ2) is 20.5. The molecule has 22 valence electrons. The Morgan fingerprint density at radius 1 is 1.25 bits per heavy atom. The second-order valence-corrected chi connectivity index (χ2v) is 0. The van der Waals surface area contributed by atoms with E-state index < -0.39 is 0 Å². The van der Waals surface area contributed by atoms with Gasteiger partial charge in [-0.15, -0.1) is 0 Å². The fraction of sp³-hybridized carbons (Fsp3) is 0.500. The zero-order valence-corrected chi connectivity index (χ0v) is 8.35. The molecule has 0 aromatic heterocycles. The Morgan fingerprint density at radius 2 is 1.25 bits per heavy atom. The summed E-state index contributed by atoms with van der Waals surface area (Å²) in [5, 5.41) is 0. The van der Waals surface area contributed by atoms with Crippen LogP contribution in [-0.4, -0.2) is 48.9 Å². The number of hydrogen-bond donors (Lipinski definition) is 0. The molecule has 0 fully saturated rings. The maximum Gasteiger partial charge on any atom is 2.00 e. The van der Waals surface area contributed by atoms with Crippen molar-refractivity contribution in [3.8, 4) is 0 Å². The molecule has 0 nitrogen and oxygen atoms in total. The Bertz CT molecular complexity index is 6.00. The van der Waals surface area contributed by atoms with Crippen molar-refractivity contribution in [2.24, 2.45) is 0 Å². The first-order chi connectivity index (χ1) is 1.00. The molecule has 0 aliphatic carbocycles. The van der Waals surface area contributed by atoms with Crippen molar-refractivity contribution in [2.75, 3.05) is 0 Å². The van der Waals surface area contributed by atoms with E-state index in [4.69, 9.17) is 0 Å². The summed E-state index contributed by atoms with van der Waals surface area (Å²) in [6, 6.07) is 0. The van der Waals surface area contributed by atoms with Gasteiger partial charge in [0.05, 0.1) is 0 Å². The van der Waals surface area contributed by atoms with Gasteiger partial charge >= 0.3 is 48.9 Å². The van der Waals surface area contributed by atoms with Crippen LogP contribution in [0.15, 0.2) is 0 Å². The summed E-state index contributed by atoms with van der Waals surface area (Å²) in [6.07, 6.45) is 0. The van der Waals surface area contributed by atoms with Crippen molar-refractivity contribution in [1.82, 2.24) is 0 Å². The van der Waals surface area contributed by atoms with Crippen molar-refractivity contribution in [2.45, 2.75) is 6.92 Å². The van der Waals surface area contributed by atoms with Crippen molar-refractivity contribution in [3.63, 3.8) is 0 Å². The smallest absolute Gasteiger partial charge is 0.346 e. The summed E-state index contributed by atoms with van der Waals surface area (Å²) >= 11 is 0. The molecule has 2 heteroatoms. The zero-order valence-electron chi connectivity index (χ0n) is 2.91. The minimum absolute atomic E-state index is 0. The molecule has 0 spiro atoms. The third kappa shape index (κ3) is 9.07. The normalized spacial score (nSPS) is 1.50. The molecule has 0 aromatic rings. The molecule has 0 aliphatic rings. The van der Waals surface area contributed by atoms with Gasteiger partial charge in [0.25, 0.3) is 0 Å². The first-order valence-electron chi connectivity index (χ1n) is 0.707. The molecule has 0 heterocycles. The monoisotopic (exact) mass is 201 g/mol. The van der Waals surface area contributed by atoms with Gasteiger partial charge in [0.1, 0.15) is 0 Å². The van der Waals surface area contributed by atoms with E-state index in [9.17, 15) is 0 Å². The second-order valence-electron chi connectivity index (χ2n) is 0. The molecule has 0 rings (SSSR count). The predicted molar refractivity (Wildman–Crippen MR) is 27.2 cm³/mol. The molecule has 0 saturated heterocycles. The first-order valence-corrected chi connectivity index (χ1v) is 0.707. The molecule has 0 amide bonds. The van der Waals surface area contributed by atoms with E-state index >= 15 is 0 Å². The standard InChI is InChI=1S/C2H5.Ba.H2S/c1-2;;/h1H2,2H3;;1H2/q-1;+2;. The minimum Gasteiger partial charge on any atom is -0.346 e. The SMILES string of the molecule is S.[Ba+2].[CH2-]C. The van der Waals surface area contributed by atoms with Crippen LogP contribution in [0.1, 0.15) is 6.92 Å². The van der Waals surface area contributed by atoms with Gasteiger partial charge in [-0.2, -0.15) is 20.4 Å². The molecule has 0 N–H and O–H groups in total. The fourth-order valence-electron chi connectivity index (χ4n) is 0. The summed E-state index contributed by atoms with van der Waals surface area (Å²) in [6.45, 7) is 5.00. The van der Waals surface area contributed by atoms with E-state index in [1.54, 1.807) is 6.92 Å². The van der Waals surface area contributed by atoms with Crippen LogP contribution in [-0.2, 0) is 0 Å². The molecule has 0 aliphatic heterocycles. The maximum absolute atomic E-state index is 3.25. The molecule has 0 bridgehead atoms. The Hall–Kier alpha value is 1.92. The van der Waals surface area contributed by atoms with Crippen molar-refractivity contribution < 1.29 is 0 Å². The molecule has 0 saturated carbocycles. The Morgan fingerprint density at radius 3 is 1.25 bits per heavy atom. The third-order valence-electron chi connectivity index (χ3n) is 0. The summed E-state index contributed by atoms with van der Waals surface area (Å²) in [5.41, 5.74) is 0. The van der Waals surface area contributed by atoms with Gasteiger partial charge in [-0.05, 0) is 0 Å². The molecule has 0 atom stereocenters. The topological polar surface area (TPSA) is 0 Å². The van der Waals surface area contributed by atoms with Gasteiger partial charge in [0.15, 0.2) is 0 Å². The van der Waals surface area contributed by atoms with E-state index in [1.807, 2.05) is 0 Å². The van der Waals surface area contributed by atoms with Crippen LogP contribution in [0.2, 0.25) is 0 Å². The van der Waals surface area contributed by atoms with E-state index in [0.717, 1.165) is 0 Å². The number of rotatable bonds is 0. The molecule has 0 aromatic carbocycles. The van der Waals surface area contributed by atoms with Gasteiger partial charge in [0.2, 0.25) is 0 Å². The van der Waals surface area contributed by atoms with E-state index in [2.05, 4.69) is 6.92 Å². The third-order valence-corrected chi connectivity index (χ3v) is 0. The average Bonchev–Trinajstić information content (AvgIpc) is 1.00.